The molecule has 5 nitrogen and oxygen atoms in total. The predicted octanol–water partition coefficient (Wildman–Crippen LogP) is 8.68. The summed E-state index contributed by atoms with van der Waals surface area (Å²) in [5.74, 6) is 1.94. The molecule has 0 amide bonds. The molecule has 0 aromatic rings. The number of aliphatic carboxylic acids is 1. The van der Waals surface area contributed by atoms with Gasteiger partial charge in [0.15, 0.2) is 5.78 Å². The zero-order valence-electron chi connectivity index (χ0n) is 30.5. The Bertz CT molecular complexity index is 1410. The smallest absolute Gasteiger partial charge is 0.306 e. The molecule has 3 N–H and O–H groups in total. The number of hydrogen-bond donors (Lipinski definition) is 3. The average Bonchev–Trinajstić information content (AvgIpc) is 3.77. The van der Waals surface area contributed by atoms with Gasteiger partial charge in [0.25, 0.3) is 0 Å². The van der Waals surface area contributed by atoms with E-state index in [-0.39, 0.29) is 33.5 Å². The van der Waals surface area contributed by atoms with Crippen molar-refractivity contribution < 1.29 is 19.8 Å². The van der Waals surface area contributed by atoms with Crippen LogP contribution in [0.3, 0.4) is 0 Å². The number of aliphatic hydroxyl groups is 1. The zero-order valence-corrected chi connectivity index (χ0v) is 30.5. The summed E-state index contributed by atoms with van der Waals surface area (Å²) in [6, 6.07) is 0. The minimum Gasteiger partial charge on any atom is -0.481 e. The summed E-state index contributed by atoms with van der Waals surface area (Å²) in [6.07, 6.45) is 17.6. The first-order valence-corrected chi connectivity index (χ1v) is 19.4. The highest BCUT2D eigenvalue weighted by molar-refractivity contribution is 6.00. The Balaban J connectivity index is 1.21. The van der Waals surface area contributed by atoms with Gasteiger partial charge in [-0.25, -0.2) is 0 Å². The number of carboxylic acid groups (broad SMARTS) is 1. The van der Waals surface area contributed by atoms with E-state index in [0.717, 1.165) is 56.6 Å². The van der Waals surface area contributed by atoms with Gasteiger partial charge in [-0.1, -0.05) is 66.2 Å². The molecule has 0 bridgehead atoms. The lowest BCUT2D eigenvalue weighted by Gasteiger charge is -2.71. The second kappa shape index (κ2) is 11.4. The number of ketones is 1. The van der Waals surface area contributed by atoms with E-state index in [4.69, 9.17) is 0 Å². The lowest BCUT2D eigenvalue weighted by Crippen LogP contribution is -2.65. The Morgan fingerprint density at radius 2 is 1.68 bits per heavy atom. The van der Waals surface area contributed by atoms with Crippen molar-refractivity contribution in [3.8, 4) is 0 Å². The fourth-order valence-electron chi connectivity index (χ4n) is 13.5. The van der Waals surface area contributed by atoms with Crippen LogP contribution in [0, 0.1) is 62.6 Å². The second-order valence-electron chi connectivity index (χ2n) is 19.1. The number of aliphatic hydroxyl groups excluding tert-OH is 1. The summed E-state index contributed by atoms with van der Waals surface area (Å²) < 4.78 is 0. The minimum atomic E-state index is -0.654. The van der Waals surface area contributed by atoms with Gasteiger partial charge in [-0.15, -0.1) is 0 Å². The van der Waals surface area contributed by atoms with Crippen LogP contribution in [0.2, 0.25) is 0 Å². The molecular formula is C42H63NO4. The average molecular weight is 646 g/mol. The van der Waals surface area contributed by atoms with Crippen molar-refractivity contribution in [3.05, 3.63) is 34.4 Å². The number of rotatable bonds is 8. The minimum absolute atomic E-state index is 0.0541. The molecule has 7 rings (SSSR count). The summed E-state index contributed by atoms with van der Waals surface area (Å²) in [4.78, 5) is 25.6. The first-order chi connectivity index (χ1) is 22.1. The molecule has 4 fully saturated rings. The third kappa shape index (κ3) is 4.89. The van der Waals surface area contributed by atoms with Crippen LogP contribution in [0.4, 0.5) is 0 Å². The molecule has 0 aromatic heterocycles. The van der Waals surface area contributed by atoms with Crippen molar-refractivity contribution in [1.29, 1.82) is 0 Å². The molecule has 5 heteroatoms. The number of allylic oxidation sites excluding steroid dienone is 5. The topological polar surface area (TPSA) is 86.6 Å². The molecule has 0 aromatic carbocycles. The molecule has 0 aliphatic heterocycles. The van der Waals surface area contributed by atoms with Crippen molar-refractivity contribution in [2.45, 2.75) is 138 Å². The molecule has 0 spiro atoms. The highest BCUT2D eigenvalue weighted by Crippen LogP contribution is 2.77. The Kier molecular flexibility index (Phi) is 8.19. The Hall–Kier alpha value is -1.72. The van der Waals surface area contributed by atoms with E-state index in [1.54, 1.807) is 0 Å². The van der Waals surface area contributed by atoms with Gasteiger partial charge in [-0.3, -0.25) is 9.59 Å². The fraction of sp³-hybridized carbons (Fsp3) is 0.810. The van der Waals surface area contributed by atoms with E-state index >= 15 is 0 Å². The lowest BCUT2D eigenvalue weighted by atomic mass is 9.33. The first-order valence-electron chi connectivity index (χ1n) is 19.4. The summed E-state index contributed by atoms with van der Waals surface area (Å²) in [6.45, 7) is 18.8. The van der Waals surface area contributed by atoms with E-state index in [9.17, 15) is 19.8 Å². The number of Topliss-reactive ketones (excluding diaryl/α,β-unsaturated/α-hetero) is 1. The van der Waals surface area contributed by atoms with Crippen LogP contribution < -0.4 is 5.32 Å². The molecule has 260 valence electrons. The van der Waals surface area contributed by atoms with Crippen LogP contribution in [0.5, 0.6) is 0 Å². The molecule has 0 radical (unpaired) electrons. The largest absolute Gasteiger partial charge is 0.481 e. The van der Waals surface area contributed by atoms with Crippen molar-refractivity contribution in [1.82, 2.24) is 5.32 Å². The second-order valence-corrected chi connectivity index (χ2v) is 19.1. The van der Waals surface area contributed by atoms with Crippen molar-refractivity contribution >= 4 is 11.8 Å². The van der Waals surface area contributed by atoms with E-state index in [2.05, 4.69) is 65.9 Å². The van der Waals surface area contributed by atoms with Gasteiger partial charge >= 0.3 is 5.97 Å². The Morgan fingerprint density at radius 1 is 0.936 bits per heavy atom. The van der Waals surface area contributed by atoms with Crippen LogP contribution in [0.1, 0.15) is 132 Å². The maximum atomic E-state index is 13.9. The normalized spacial score (nSPS) is 43.4. The van der Waals surface area contributed by atoms with Crippen LogP contribution >= 0.6 is 0 Å². The molecule has 2 unspecified atom stereocenters. The molecule has 7 aliphatic rings. The van der Waals surface area contributed by atoms with Gasteiger partial charge in [0.05, 0.1) is 12.0 Å². The maximum Gasteiger partial charge on any atom is 0.306 e. The lowest BCUT2D eigenvalue weighted by molar-refractivity contribution is -0.202. The van der Waals surface area contributed by atoms with Gasteiger partial charge in [0, 0.05) is 18.4 Å². The highest BCUT2D eigenvalue weighted by atomic mass is 16.4. The zero-order chi connectivity index (χ0) is 33.7. The summed E-state index contributed by atoms with van der Waals surface area (Å²) >= 11 is 0. The molecule has 4 saturated carbocycles. The van der Waals surface area contributed by atoms with Gasteiger partial charge in [-0.2, -0.15) is 0 Å². The summed E-state index contributed by atoms with van der Waals surface area (Å²) in [5.41, 5.74) is 5.48. The highest BCUT2D eigenvalue weighted by Gasteiger charge is 2.70. The summed E-state index contributed by atoms with van der Waals surface area (Å²) in [5, 5.41) is 25.2. The molecule has 47 heavy (non-hydrogen) atoms. The van der Waals surface area contributed by atoms with Crippen LogP contribution in [0.25, 0.3) is 0 Å². The third-order valence-corrected chi connectivity index (χ3v) is 16.3. The number of carbonyl (C=O) groups excluding carboxylic acids is 1. The maximum absolute atomic E-state index is 13.9. The molecule has 9 atom stereocenters. The molecule has 0 heterocycles. The molecular weight excluding hydrogens is 582 g/mol. The quantitative estimate of drug-likeness (QED) is 0.246. The number of carboxylic acids is 1. The van der Waals surface area contributed by atoms with Gasteiger partial charge in [0.1, 0.15) is 0 Å². The number of nitrogens with one attached hydrogen (secondary N) is 1. The van der Waals surface area contributed by atoms with Crippen LogP contribution in [-0.2, 0) is 9.59 Å². The van der Waals surface area contributed by atoms with E-state index < -0.39 is 17.5 Å². The number of hydrogen-bond acceptors (Lipinski definition) is 4. The van der Waals surface area contributed by atoms with Crippen molar-refractivity contribution in [2.24, 2.45) is 62.6 Å². The van der Waals surface area contributed by atoms with Crippen LogP contribution in [-0.4, -0.2) is 41.2 Å². The number of fused-ring (bicyclic) bond motifs is 7. The number of carbonyl (C=O) groups is 2. The Labute approximate surface area is 284 Å². The standard InChI is InChI=1S/C42H63NO4/c1-25(2)35-31(44)22-42(34(45)24-43-23-26-8-9-26)21-20-40(6)30(36(35)42)14-15-33-39(5)18-16-29(27-10-12-28(13-11-27)37(46)47)38(3,4)32(39)17-19-41(33,40)7/h10,16,25-26,28,30,32-34,43,45H,8-9,11-15,17-24H2,1-7H3,(H,46,47)/t28?,30-,32+,33-,34?,39+,40-,41-,42+/m1/s1. The van der Waals surface area contributed by atoms with Gasteiger partial charge in [-0.05, 0) is 152 Å². The summed E-state index contributed by atoms with van der Waals surface area (Å²) in [7, 11) is 0. The SMILES string of the molecule is CC(C)C1=C2[C@H]3CC[C@@H]4[C@@]5(C)CC=C(C6=CCC(C(=O)O)CC6)C(C)(C)[C@@H]5CC[C@@]4(C)[C@]3(C)CC[C@@]2(C(O)CNCC2CC2)CC1=O. The van der Waals surface area contributed by atoms with Gasteiger partial charge in [0.2, 0.25) is 0 Å². The van der Waals surface area contributed by atoms with Crippen molar-refractivity contribution in [3.63, 3.8) is 0 Å². The predicted molar refractivity (Wildman–Crippen MR) is 188 cm³/mol. The van der Waals surface area contributed by atoms with Crippen molar-refractivity contribution in [2.75, 3.05) is 13.1 Å². The van der Waals surface area contributed by atoms with E-state index in [1.165, 1.54) is 48.8 Å². The van der Waals surface area contributed by atoms with Gasteiger partial charge < -0.3 is 15.5 Å². The molecule has 7 aliphatic carbocycles. The first kappa shape index (κ1) is 33.8. The fourth-order valence-corrected chi connectivity index (χ4v) is 13.5. The van der Waals surface area contributed by atoms with E-state index in [1.807, 2.05) is 0 Å². The Morgan fingerprint density at radius 3 is 2.32 bits per heavy atom. The van der Waals surface area contributed by atoms with Crippen LogP contribution in [0.15, 0.2) is 34.4 Å². The molecule has 0 saturated heterocycles. The van der Waals surface area contributed by atoms with E-state index in [0.29, 0.717) is 42.9 Å². The third-order valence-electron chi connectivity index (χ3n) is 16.3. The monoisotopic (exact) mass is 645 g/mol.